The van der Waals surface area contributed by atoms with Crippen molar-refractivity contribution < 1.29 is 17.9 Å². The lowest BCUT2D eigenvalue weighted by molar-refractivity contribution is -0.138. The molecule has 1 atom stereocenters. The van der Waals surface area contributed by atoms with Crippen molar-refractivity contribution in [2.24, 2.45) is 7.05 Å². The summed E-state index contributed by atoms with van der Waals surface area (Å²) in [6.07, 6.45) is 2.63. The molecule has 2 heterocycles. The highest BCUT2D eigenvalue weighted by Crippen LogP contribution is 2.21. The normalized spacial score (nSPS) is 19.8. The second kappa shape index (κ2) is 6.12. The van der Waals surface area contributed by atoms with Crippen LogP contribution in [0.3, 0.4) is 0 Å². The number of hydrogen-bond donors (Lipinski definition) is 1. The highest BCUT2D eigenvalue weighted by atomic mass is 32.2. The van der Waals surface area contributed by atoms with Gasteiger partial charge in [-0.15, -0.1) is 0 Å². The van der Waals surface area contributed by atoms with E-state index in [1.165, 1.54) is 0 Å². The molecule has 1 aliphatic rings. The van der Waals surface area contributed by atoms with E-state index < -0.39 is 10.0 Å². The fraction of sp³-hybridized carbons (Fsp3) is 0.667. The van der Waals surface area contributed by atoms with Crippen LogP contribution in [0.25, 0.3) is 0 Å². The van der Waals surface area contributed by atoms with Crippen LogP contribution in [0, 0.1) is 6.92 Å². The van der Waals surface area contributed by atoms with Gasteiger partial charge in [0.1, 0.15) is 11.9 Å². The number of aromatic nitrogens is 2. The zero-order valence-corrected chi connectivity index (χ0v) is 13.2. The number of carbonyl (C=O) groups is 1. The average Bonchev–Trinajstić information content (AvgIpc) is 2.74. The van der Waals surface area contributed by atoms with Crippen molar-refractivity contribution in [2.45, 2.75) is 13.0 Å². The van der Waals surface area contributed by atoms with Crippen molar-refractivity contribution in [2.75, 3.05) is 32.5 Å². The second-order valence-corrected chi connectivity index (χ2v) is 6.98. The lowest BCUT2D eigenvalue weighted by atomic mass is 10.2. The molecule has 1 fully saturated rings. The number of aryl methyl sites for hydroxylation is 2. The summed E-state index contributed by atoms with van der Waals surface area (Å²) in [5, 5.41) is 0. The Morgan fingerprint density at radius 1 is 1.57 bits per heavy atom. The predicted molar refractivity (Wildman–Crippen MR) is 76.1 cm³/mol. The fourth-order valence-electron chi connectivity index (χ4n) is 2.27. The molecule has 0 radical (unpaired) electrons. The minimum Gasteiger partial charge on any atom is -0.367 e. The number of amides is 1. The van der Waals surface area contributed by atoms with Gasteiger partial charge in [0, 0.05) is 19.8 Å². The molecule has 1 amide bonds. The first-order chi connectivity index (χ1) is 9.76. The maximum Gasteiger partial charge on any atom is 0.237 e. The van der Waals surface area contributed by atoms with Crippen molar-refractivity contribution in [3.8, 4) is 0 Å². The third kappa shape index (κ3) is 4.26. The van der Waals surface area contributed by atoms with Gasteiger partial charge >= 0.3 is 0 Å². The van der Waals surface area contributed by atoms with Crippen LogP contribution in [0.15, 0.2) is 6.20 Å². The molecule has 118 valence electrons. The molecule has 1 aromatic heterocycles. The maximum absolute atomic E-state index is 12.0. The summed E-state index contributed by atoms with van der Waals surface area (Å²) >= 11 is 0. The molecule has 1 aromatic rings. The number of sulfonamides is 1. The maximum atomic E-state index is 12.0. The Hall–Kier alpha value is -1.45. The van der Waals surface area contributed by atoms with Crippen molar-refractivity contribution >= 4 is 15.9 Å². The molecule has 1 N–H and O–H groups in total. The summed E-state index contributed by atoms with van der Waals surface area (Å²) < 4.78 is 31.8. The van der Waals surface area contributed by atoms with E-state index in [0.29, 0.717) is 19.7 Å². The van der Waals surface area contributed by atoms with Crippen LogP contribution < -0.4 is 4.72 Å². The number of hydrogen-bond acceptors (Lipinski definition) is 5. The summed E-state index contributed by atoms with van der Waals surface area (Å²) in [4.78, 5) is 18.0. The Bertz CT molecular complexity index is 625. The molecule has 21 heavy (non-hydrogen) atoms. The Morgan fingerprint density at radius 2 is 2.29 bits per heavy atom. The van der Waals surface area contributed by atoms with E-state index in [0.717, 1.165) is 17.8 Å². The van der Waals surface area contributed by atoms with Crippen LogP contribution in [-0.2, 0) is 26.6 Å². The van der Waals surface area contributed by atoms with Gasteiger partial charge in [0.15, 0.2) is 0 Å². The molecule has 1 aliphatic heterocycles. The highest BCUT2D eigenvalue weighted by Gasteiger charge is 2.28. The van der Waals surface area contributed by atoms with Gasteiger partial charge < -0.3 is 14.2 Å². The van der Waals surface area contributed by atoms with E-state index in [-0.39, 0.29) is 18.6 Å². The monoisotopic (exact) mass is 316 g/mol. The topological polar surface area (TPSA) is 93.5 Å². The van der Waals surface area contributed by atoms with Gasteiger partial charge in [-0.2, -0.15) is 0 Å². The van der Waals surface area contributed by atoms with Crippen LogP contribution in [0.1, 0.15) is 17.6 Å². The molecule has 0 spiro atoms. The van der Waals surface area contributed by atoms with Gasteiger partial charge in [-0.1, -0.05) is 0 Å². The first-order valence-corrected chi connectivity index (χ1v) is 8.49. The number of rotatable bonds is 4. The summed E-state index contributed by atoms with van der Waals surface area (Å²) in [5.41, 5.74) is 0.887. The molecule has 9 heteroatoms. The van der Waals surface area contributed by atoms with Gasteiger partial charge in [-0.05, 0) is 6.92 Å². The van der Waals surface area contributed by atoms with Crippen molar-refractivity contribution in [3.05, 3.63) is 17.7 Å². The van der Waals surface area contributed by atoms with E-state index in [9.17, 15) is 13.2 Å². The van der Waals surface area contributed by atoms with Crippen molar-refractivity contribution in [3.63, 3.8) is 0 Å². The van der Waals surface area contributed by atoms with Crippen LogP contribution >= 0.6 is 0 Å². The third-order valence-electron chi connectivity index (χ3n) is 3.23. The zero-order valence-electron chi connectivity index (χ0n) is 12.4. The summed E-state index contributed by atoms with van der Waals surface area (Å²) in [5.74, 6) is 0.501. The molecule has 2 rings (SSSR count). The minimum absolute atomic E-state index is 0.231. The Labute approximate surface area is 124 Å². The molecular weight excluding hydrogens is 296 g/mol. The van der Waals surface area contributed by atoms with Crippen LogP contribution in [0.4, 0.5) is 0 Å². The first-order valence-electron chi connectivity index (χ1n) is 6.60. The molecule has 0 unspecified atom stereocenters. The number of morpholine rings is 1. The molecule has 0 bridgehead atoms. The lowest BCUT2D eigenvalue weighted by Crippen LogP contribution is -2.46. The van der Waals surface area contributed by atoms with Crippen molar-refractivity contribution in [1.82, 2.24) is 19.2 Å². The molecule has 1 saturated heterocycles. The smallest absolute Gasteiger partial charge is 0.237 e. The summed E-state index contributed by atoms with van der Waals surface area (Å²) in [7, 11) is -1.49. The van der Waals surface area contributed by atoms with E-state index in [4.69, 9.17) is 4.74 Å². The minimum atomic E-state index is -3.37. The van der Waals surface area contributed by atoms with Gasteiger partial charge in [0.25, 0.3) is 0 Å². The van der Waals surface area contributed by atoms with Gasteiger partial charge in [-0.25, -0.2) is 18.1 Å². The Kier molecular flexibility index (Phi) is 4.64. The molecular formula is C12H20N4O4S. The summed E-state index contributed by atoms with van der Waals surface area (Å²) in [6.45, 7) is 2.89. The number of nitrogens with zero attached hydrogens (tertiary/aromatic N) is 3. The molecule has 0 saturated carbocycles. The number of imidazole rings is 1. The Morgan fingerprint density at radius 3 is 2.86 bits per heavy atom. The van der Waals surface area contributed by atoms with Crippen LogP contribution in [0.2, 0.25) is 0 Å². The lowest BCUT2D eigenvalue weighted by Gasteiger charge is -2.32. The van der Waals surface area contributed by atoms with E-state index in [1.54, 1.807) is 4.90 Å². The predicted octanol–water partition coefficient (Wildman–Crippen LogP) is -0.822. The van der Waals surface area contributed by atoms with Crippen molar-refractivity contribution in [1.29, 1.82) is 0 Å². The molecule has 0 aliphatic carbocycles. The van der Waals surface area contributed by atoms with Gasteiger partial charge in [-0.3, -0.25) is 4.79 Å². The fourth-order valence-corrected chi connectivity index (χ4v) is 2.66. The second-order valence-electron chi connectivity index (χ2n) is 5.14. The van der Waals surface area contributed by atoms with Crippen LogP contribution in [0.5, 0.6) is 0 Å². The van der Waals surface area contributed by atoms with E-state index in [1.807, 2.05) is 24.7 Å². The first kappa shape index (κ1) is 15.9. The zero-order chi connectivity index (χ0) is 15.6. The molecule has 8 nitrogen and oxygen atoms in total. The van der Waals surface area contributed by atoms with Gasteiger partial charge in [0.2, 0.25) is 15.9 Å². The SMILES string of the molecule is Cc1cn(C)c([C@@H]2CN(C(=O)CNS(C)(=O)=O)CCO2)n1. The standard InChI is InChI=1S/C12H20N4O4S/c1-9-7-15(2)12(14-9)10-8-16(4-5-20-10)11(17)6-13-21(3,18)19/h7,10,13H,4-6,8H2,1-3H3/t10-/m0/s1. The molecule has 0 aromatic carbocycles. The number of nitrogens with one attached hydrogen (secondary N) is 1. The quantitative estimate of drug-likeness (QED) is 0.783. The highest BCUT2D eigenvalue weighted by molar-refractivity contribution is 7.88. The van der Waals surface area contributed by atoms with E-state index in [2.05, 4.69) is 9.71 Å². The average molecular weight is 316 g/mol. The Balaban J connectivity index is 2.00. The summed E-state index contributed by atoms with van der Waals surface area (Å²) in [6, 6.07) is 0. The largest absolute Gasteiger partial charge is 0.367 e. The van der Waals surface area contributed by atoms with E-state index >= 15 is 0 Å². The number of ether oxygens (including phenoxy) is 1. The third-order valence-corrected chi connectivity index (χ3v) is 3.89. The van der Waals surface area contributed by atoms with Crippen LogP contribution in [-0.4, -0.2) is 61.3 Å². The number of carbonyl (C=O) groups excluding carboxylic acids is 1. The van der Waals surface area contributed by atoms with Gasteiger partial charge in [0.05, 0.1) is 31.6 Å².